The van der Waals surface area contributed by atoms with Crippen molar-refractivity contribution in [3.63, 3.8) is 0 Å². The highest BCUT2D eigenvalue weighted by molar-refractivity contribution is 5.76. The molecule has 0 saturated carbocycles. The molecule has 10 heavy (non-hydrogen) atoms. The molecule has 3 nitrogen and oxygen atoms in total. The number of hydrogen-bond acceptors (Lipinski definition) is 1. The number of hydrogen-bond donors (Lipinski definition) is 1. The summed E-state index contributed by atoms with van der Waals surface area (Å²) < 4.78 is 0. The lowest BCUT2D eigenvalue weighted by Crippen LogP contribution is -2.37. The molecule has 0 aromatic rings. The van der Waals surface area contributed by atoms with Crippen molar-refractivity contribution in [2.24, 2.45) is 0 Å². The zero-order chi connectivity index (χ0) is 6.97. The maximum Gasteiger partial charge on any atom is 0.317 e. The monoisotopic (exact) mass is 140 g/mol. The maximum atomic E-state index is 11.0. The summed E-state index contributed by atoms with van der Waals surface area (Å²) in [5.41, 5.74) is 0. The average molecular weight is 140 g/mol. The second kappa shape index (κ2) is 2.15. The summed E-state index contributed by atoms with van der Waals surface area (Å²) in [5.74, 6) is 0. The fourth-order valence-corrected chi connectivity index (χ4v) is 1.79. The second-order valence-electron chi connectivity index (χ2n) is 3.03. The topological polar surface area (TPSA) is 32.3 Å². The van der Waals surface area contributed by atoms with Crippen LogP contribution in [0.25, 0.3) is 0 Å². The maximum absolute atomic E-state index is 11.0. The molecule has 2 aliphatic rings. The summed E-state index contributed by atoms with van der Waals surface area (Å²) in [6.45, 7) is 1.84. The van der Waals surface area contributed by atoms with E-state index in [9.17, 15) is 4.79 Å². The van der Waals surface area contributed by atoms with Crippen LogP contribution in [0, 0.1) is 0 Å². The van der Waals surface area contributed by atoms with Crippen LogP contribution in [0.1, 0.15) is 19.3 Å². The third kappa shape index (κ3) is 0.770. The molecule has 2 rings (SSSR count). The molecule has 2 aliphatic heterocycles. The lowest BCUT2D eigenvalue weighted by atomic mass is 10.0. The quantitative estimate of drug-likeness (QED) is 0.524. The second-order valence-corrected chi connectivity index (χ2v) is 3.03. The van der Waals surface area contributed by atoms with Gasteiger partial charge in [0.15, 0.2) is 0 Å². The first kappa shape index (κ1) is 6.01. The highest BCUT2D eigenvalue weighted by atomic mass is 16.2. The van der Waals surface area contributed by atoms with E-state index in [1.807, 2.05) is 4.90 Å². The van der Waals surface area contributed by atoms with Gasteiger partial charge < -0.3 is 10.2 Å². The molecule has 2 saturated heterocycles. The molecule has 3 heteroatoms. The standard InChI is InChI=1S/C7H12N2O/c10-7-8-5-6-3-1-2-4-9(6)7/h6H,1-5H2,(H,8,10). The molecule has 2 fully saturated rings. The lowest BCUT2D eigenvalue weighted by Gasteiger charge is -2.27. The van der Waals surface area contributed by atoms with E-state index in [-0.39, 0.29) is 6.03 Å². The Labute approximate surface area is 60.4 Å². The Morgan fingerprint density at radius 1 is 1.50 bits per heavy atom. The minimum absolute atomic E-state index is 0.143. The van der Waals surface area contributed by atoms with Crippen LogP contribution in [-0.2, 0) is 0 Å². The van der Waals surface area contributed by atoms with Gasteiger partial charge in [-0.3, -0.25) is 0 Å². The summed E-state index contributed by atoms with van der Waals surface area (Å²) >= 11 is 0. The Bertz CT molecular complexity index is 158. The molecule has 56 valence electrons. The van der Waals surface area contributed by atoms with Gasteiger partial charge in [0.05, 0.1) is 6.04 Å². The Hall–Kier alpha value is -0.730. The fraction of sp³-hybridized carbons (Fsp3) is 0.857. The van der Waals surface area contributed by atoms with Gasteiger partial charge in [-0.2, -0.15) is 0 Å². The number of piperidine rings is 1. The highest BCUT2D eigenvalue weighted by Crippen LogP contribution is 2.19. The molecule has 1 unspecified atom stereocenters. The summed E-state index contributed by atoms with van der Waals surface area (Å²) in [7, 11) is 0. The molecule has 1 atom stereocenters. The summed E-state index contributed by atoms with van der Waals surface area (Å²) in [5, 5.41) is 2.85. The minimum atomic E-state index is 0.143. The van der Waals surface area contributed by atoms with E-state index in [0.29, 0.717) is 6.04 Å². The first-order chi connectivity index (χ1) is 4.88. The van der Waals surface area contributed by atoms with Crippen LogP contribution in [0.2, 0.25) is 0 Å². The normalized spacial score (nSPS) is 31.8. The first-order valence-electron chi connectivity index (χ1n) is 3.92. The van der Waals surface area contributed by atoms with E-state index in [1.165, 1.54) is 19.3 Å². The van der Waals surface area contributed by atoms with E-state index in [0.717, 1.165) is 13.1 Å². The Morgan fingerprint density at radius 3 is 3.20 bits per heavy atom. The van der Waals surface area contributed by atoms with Crippen molar-refractivity contribution < 1.29 is 4.79 Å². The molecule has 2 amide bonds. The SMILES string of the molecule is O=C1NCC2CCCCN12. The van der Waals surface area contributed by atoms with Gasteiger partial charge in [0.25, 0.3) is 0 Å². The van der Waals surface area contributed by atoms with Crippen LogP contribution in [-0.4, -0.2) is 30.1 Å². The van der Waals surface area contributed by atoms with E-state index >= 15 is 0 Å². The minimum Gasteiger partial charge on any atom is -0.336 e. The first-order valence-corrected chi connectivity index (χ1v) is 3.92. The number of fused-ring (bicyclic) bond motifs is 1. The average Bonchev–Trinajstić information content (AvgIpc) is 2.34. The lowest BCUT2D eigenvalue weighted by molar-refractivity contribution is 0.186. The number of urea groups is 1. The number of amides is 2. The molecular weight excluding hydrogens is 128 g/mol. The molecule has 0 bridgehead atoms. The third-order valence-corrected chi connectivity index (χ3v) is 2.38. The van der Waals surface area contributed by atoms with Crippen LogP contribution in [0.15, 0.2) is 0 Å². The van der Waals surface area contributed by atoms with Gasteiger partial charge in [-0.05, 0) is 19.3 Å². The van der Waals surface area contributed by atoms with Crippen LogP contribution in [0.3, 0.4) is 0 Å². The zero-order valence-corrected chi connectivity index (χ0v) is 5.97. The largest absolute Gasteiger partial charge is 0.336 e. The number of nitrogens with zero attached hydrogens (tertiary/aromatic N) is 1. The van der Waals surface area contributed by atoms with E-state index in [4.69, 9.17) is 0 Å². The van der Waals surface area contributed by atoms with Gasteiger partial charge in [0.2, 0.25) is 0 Å². The van der Waals surface area contributed by atoms with Crippen LogP contribution in [0.4, 0.5) is 4.79 Å². The molecular formula is C7H12N2O. The van der Waals surface area contributed by atoms with Gasteiger partial charge in [-0.1, -0.05) is 0 Å². The Kier molecular flexibility index (Phi) is 1.29. The molecule has 0 aliphatic carbocycles. The number of nitrogens with one attached hydrogen (secondary N) is 1. The summed E-state index contributed by atoms with van der Waals surface area (Å²) in [4.78, 5) is 13.0. The summed E-state index contributed by atoms with van der Waals surface area (Å²) in [6, 6.07) is 0.658. The van der Waals surface area contributed by atoms with Crippen molar-refractivity contribution in [3.05, 3.63) is 0 Å². The van der Waals surface area contributed by atoms with Crippen molar-refractivity contribution in [2.45, 2.75) is 25.3 Å². The number of carbonyl (C=O) groups excluding carboxylic acids is 1. The van der Waals surface area contributed by atoms with E-state index in [1.54, 1.807) is 0 Å². The highest BCUT2D eigenvalue weighted by Gasteiger charge is 2.31. The predicted molar refractivity (Wildman–Crippen MR) is 37.7 cm³/mol. The molecule has 0 aromatic carbocycles. The zero-order valence-electron chi connectivity index (χ0n) is 5.97. The molecule has 1 N–H and O–H groups in total. The number of carbonyl (C=O) groups is 1. The van der Waals surface area contributed by atoms with E-state index in [2.05, 4.69) is 5.32 Å². The van der Waals surface area contributed by atoms with Crippen molar-refractivity contribution in [1.29, 1.82) is 0 Å². The molecule has 0 aromatic heterocycles. The van der Waals surface area contributed by atoms with Crippen molar-refractivity contribution in [2.75, 3.05) is 13.1 Å². The molecule has 0 spiro atoms. The van der Waals surface area contributed by atoms with Gasteiger partial charge in [-0.15, -0.1) is 0 Å². The van der Waals surface area contributed by atoms with Gasteiger partial charge in [0, 0.05) is 13.1 Å². The van der Waals surface area contributed by atoms with Gasteiger partial charge >= 0.3 is 6.03 Å². The molecule has 2 heterocycles. The molecule has 0 radical (unpaired) electrons. The van der Waals surface area contributed by atoms with Crippen LogP contribution >= 0.6 is 0 Å². The van der Waals surface area contributed by atoms with Crippen molar-refractivity contribution >= 4 is 6.03 Å². The van der Waals surface area contributed by atoms with E-state index < -0.39 is 0 Å². The Morgan fingerprint density at radius 2 is 2.40 bits per heavy atom. The van der Waals surface area contributed by atoms with Crippen molar-refractivity contribution in [1.82, 2.24) is 10.2 Å². The predicted octanol–water partition coefficient (Wildman–Crippen LogP) is 0.564. The van der Waals surface area contributed by atoms with Gasteiger partial charge in [-0.25, -0.2) is 4.79 Å². The Balaban J connectivity index is 2.08. The third-order valence-electron chi connectivity index (χ3n) is 2.38. The smallest absolute Gasteiger partial charge is 0.317 e. The van der Waals surface area contributed by atoms with Gasteiger partial charge in [0.1, 0.15) is 0 Å². The van der Waals surface area contributed by atoms with Crippen LogP contribution < -0.4 is 5.32 Å². The number of rotatable bonds is 0. The fourth-order valence-electron chi connectivity index (χ4n) is 1.79. The van der Waals surface area contributed by atoms with Crippen LogP contribution in [0.5, 0.6) is 0 Å². The summed E-state index contributed by atoms with van der Waals surface area (Å²) in [6.07, 6.45) is 3.67. The van der Waals surface area contributed by atoms with Crippen molar-refractivity contribution in [3.8, 4) is 0 Å².